The van der Waals surface area contributed by atoms with Crippen LogP contribution in [0.15, 0.2) is 18.2 Å². The first kappa shape index (κ1) is 14.6. The Kier molecular flexibility index (Phi) is 4.66. The molecule has 1 unspecified atom stereocenters. The standard InChI is InChI=1S/C16H25Cl/c1-11(2)15(10-17)14-9-13(16(4,5)6)8-7-12(14)3/h7-9,11,15H,10H2,1-6H3. The van der Waals surface area contributed by atoms with Crippen LogP contribution in [0.2, 0.25) is 0 Å². The number of halogens is 1. The molecule has 0 aliphatic carbocycles. The van der Waals surface area contributed by atoms with Crippen molar-refractivity contribution < 1.29 is 0 Å². The molecule has 0 aliphatic heterocycles. The third kappa shape index (κ3) is 3.48. The van der Waals surface area contributed by atoms with Gasteiger partial charge in [-0.3, -0.25) is 0 Å². The number of rotatable bonds is 3. The second-order valence-electron chi connectivity index (χ2n) is 6.33. The predicted molar refractivity (Wildman–Crippen MR) is 78.2 cm³/mol. The van der Waals surface area contributed by atoms with Crippen LogP contribution in [-0.4, -0.2) is 5.88 Å². The van der Waals surface area contributed by atoms with E-state index in [2.05, 4.69) is 59.7 Å². The highest BCUT2D eigenvalue weighted by atomic mass is 35.5. The number of aryl methyl sites for hydroxylation is 1. The lowest BCUT2D eigenvalue weighted by molar-refractivity contribution is 0.532. The molecule has 0 saturated carbocycles. The monoisotopic (exact) mass is 252 g/mol. The fourth-order valence-electron chi connectivity index (χ4n) is 2.13. The molecule has 0 aliphatic rings. The summed E-state index contributed by atoms with van der Waals surface area (Å²) in [5.74, 6) is 1.74. The molecule has 0 spiro atoms. The van der Waals surface area contributed by atoms with Gasteiger partial charge in [0.15, 0.2) is 0 Å². The molecule has 0 aromatic heterocycles. The fourth-order valence-corrected chi connectivity index (χ4v) is 2.65. The first-order valence-electron chi connectivity index (χ1n) is 6.44. The highest BCUT2D eigenvalue weighted by Crippen LogP contribution is 2.32. The molecule has 1 heteroatoms. The van der Waals surface area contributed by atoms with Gasteiger partial charge < -0.3 is 0 Å². The second kappa shape index (κ2) is 5.44. The van der Waals surface area contributed by atoms with Crippen molar-refractivity contribution >= 4 is 11.6 Å². The summed E-state index contributed by atoms with van der Waals surface area (Å²) in [5.41, 5.74) is 4.38. The van der Waals surface area contributed by atoms with Gasteiger partial charge in [0.2, 0.25) is 0 Å². The van der Waals surface area contributed by atoms with Crippen LogP contribution in [0.3, 0.4) is 0 Å². The maximum atomic E-state index is 6.14. The van der Waals surface area contributed by atoms with E-state index < -0.39 is 0 Å². The molecular formula is C16H25Cl. The van der Waals surface area contributed by atoms with Gasteiger partial charge in [0.25, 0.3) is 0 Å². The summed E-state index contributed by atoms with van der Waals surface area (Å²) in [6.45, 7) is 13.4. The topological polar surface area (TPSA) is 0 Å². The van der Waals surface area contributed by atoms with Crippen molar-refractivity contribution in [2.45, 2.75) is 52.9 Å². The van der Waals surface area contributed by atoms with Gasteiger partial charge in [-0.05, 0) is 40.9 Å². The number of alkyl halides is 1. The average molecular weight is 253 g/mol. The molecule has 0 fully saturated rings. The van der Waals surface area contributed by atoms with Crippen LogP contribution in [0.25, 0.3) is 0 Å². The van der Waals surface area contributed by atoms with Crippen molar-refractivity contribution in [3.8, 4) is 0 Å². The van der Waals surface area contributed by atoms with Crippen molar-refractivity contribution in [3.63, 3.8) is 0 Å². The Morgan fingerprint density at radius 3 is 2.18 bits per heavy atom. The number of hydrogen-bond acceptors (Lipinski definition) is 0. The highest BCUT2D eigenvalue weighted by molar-refractivity contribution is 6.18. The summed E-state index contributed by atoms with van der Waals surface area (Å²) in [6, 6.07) is 6.82. The molecule has 0 bridgehead atoms. The molecular weight excluding hydrogens is 228 g/mol. The molecule has 0 saturated heterocycles. The average Bonchev–Trinajstić information content (AvgIpc) is 2.19. The minimum atomic E-state index is 0.205. The smallest absolute Gasteiger partial charge is 0.0294 e. The van der Waals surface area contributed by atoms with Gasteiger partial charge in [-0.15, -0.1) is 11.6 Å². The Balaban J connectivity index is 3.23. The van der Waals surface area contributed by atoms with E-state index in [4.69, 9.17) is 11.6 Å². The van der Waals surface area contributed by atoms with Crippen LogP contribution in [0.5, 0.6) is 0 Å². The van der Waals surface area contributed by atoms with Crippen LogP contribution in [0.1, 0.15) is 57.2 Å². The molecule has 0 nitrogen and oxygen atoms in total. The highest BCUT2D eigenvalue weighted by Gasteiger charge is 2.20. The van der Waals surface area contributed by atoms with Gasteiger partial charge in [-0.2, -0.15) is 0 Å². The van der Waals surface area contributed by atoms with Crippen LogP contribution < -0.4 is 0 Å². The summed E-state index contributed by atoms with van der Waals surface area (Å²) in [4.78, 5) is 0. The van der Waals surface area contributed by atoms with E-state index >= 15 is 0 Å². The van der Waals surface area contributed by atoms with E-state index in [0.29, 0.717) is 17.7 Å². The summed E-state index contributed by atoms with van der Waals surface area (Å²) in [7, 11) is 0. The van der Waals surface area contributed by atoms with Gasteiger partial charge in [0.05, 0.1) is 0 Å². The zero-order valence-electron chi connectivity index (χ0n) is 12.0. The lowest BCUT2D eigenvalue weighted by Crippen LogP contribution is -2.15. The van der Waals surface area contributed by atoms with Gasteiger partial charge in [0.1, 0.15) is 0 Å². The molecule has 1 rings (SSSR count). The molecule has 0 amide bonds. The van der Waals surface area contributed by atoms with Gasteiger partial charge in [-0.25, -0.2) is 0 Å². The molecule has 0 heterocycles. The summed E-state index contributed by atoms with van der Waals surface area (Å²) >= 11 is 6.14. The SMILES string of the molecule is Cc1ccc(C(C)(C)C)cc1C(CCl)C(C)C. The first-order valence-corrected chi connectivity index (χ1v) is 6.97. The molecule has 1 aromatic rings. The maximum Gasteiger partial charge on any atom is 0.0294 e. The minimum Gasteiger partial charge on any atom is -0.126 e. The van der Waals surface area contributed by atoms with Crippen molar-refractivity contribution in [1.82, 2.24) is 0 Å². The van der Waals surface area contributed by atoms with E-state index in [-0.39, 0.29) is 5.41 Å². The van der Waals surface area contributed by atoms with E-state index in [9.17, 15) is 0 Å². The van der Waals surface area contributed by atoms with Gasteiger partial charge in [0, 0.05) is 5.88 Å². The van der Waals surface area contributed by atoms with E-state index in [1.165, 1.54) is 16.7 Å². The van der Waals surface area contributed by atoms with Crippen molar-refractivity contribution in [3.05, 3.63) is 34.9 Å². The van der Waals surface area contributed by atoms with Gasteiger partial charge >= 0.3 is 0 Å². The summed E-state index contributed by atoms with van der Waals surface area (Å²) < 4.78 is 0. The quantitative estimate of drug-likeness (QED) is 0.643. The Labute approximate surface area is 111 Å². The van der Waals surface area contributed by atoms with Crippen LogP contribution >= 0.6 is 11.6 Å². The maximum absolute atomic E-state index is 6.14. The van der Waals surface area contributed by atoms with E-state index in [1.54, 1.807) is 0 Å². The summed E-state index contributed by atoms with van der Waals surface area (Å²) in [5, 5.41) is 0. The third-order valence-electron chi connectivity index (χ3n) is 3.52. The molecule has 96 valence electrons. The van der Waals surface area contributed by atoms with E-state index in [0.717, 1.165) is 0 Å². The number of hydrogen-bond donors (Lipinski definition) is 0. The first-order chi connectivity index (χ1) is 7.77. The Morgan fingerprint density at radius 1 is 1.18 bits per heavy atom. The molecule has 17 heavy (non-hydrogen) atoms. The lowest BCUT2D eigenvalue weighted by Gasteiger charge is -2.25. The molecule has 1 atom stereocenters. The van der Waals surface area contributed by atoms with Crippen molar-refractivity contribution in [2.24, 2.45) is 5.92 Å². The Bertz CT molecular complexity index is 372. The van der Waals surface area contributed by atoms with E-state index in [1.807, 2.05) is 0 Å². The second-order valence-corrected chi connectivity index (χ2v) is 6.63. The molecule has 0 radical (unpaired) electrons. The normalized spacial score (nSPS) is 14.1. The van der Waals surface area contributed by atoms with Crippen LogP contribution in [-0.2, 0) is 5.41 Å². The largest absolute Gasteiger partial charge is 0.126 e. The molecule has 1 aromatic carbocycles. The minimum absolute atomic E-state index is 0.205. The Morgan fingerprint density at radius 2 is 1.76 bits per heavy atom. The zero-order chi connectivity index (χ0) is 13.2. The third-order valence-corrected chi connectivity index (χ3v) is 3.85. The fraction of sp³-hybridized carbons (Fsp3) is 0.625. The molecule has 0 N–H and O–H groups in total. The van der Waals surface area contributed by atoms with Crippen molar-refractivity contribution in [1.29, 1.82) is 0 Å². The number of benzene rings is 1. The Hall–Kier alpha value is -0.490. The van der Waals surface area contributed by atoms with Crippen LogP contribution in [0, 0.1) is 12.8 Å². The van der Waals surface area contributed by atoms with Crippen molar-refractivity contribution in [2.75, 3.05) is 5.88 Å². The lowest BCUT2D eigenvalue weighted by atomic mass is 9.81. The zero-order valence-corrected chi connectivity index (χ0v) is 12.7. The van der Waals surface area contributed by atoms with Crippen LogP contribution in [0.4, 0.5) is 0 Å². The summed E-state index contributed by atoms with van der Waals surface area (Å²) in [6.07, 6.45) is 0. The predicted octanol–water partition coefficient (Wildman–Crippen LogP) is 5.27. The van der Waals surface area contributed by atoms with Gasteiger partial charge in [-0.1, -0.05) is 52.8 Å².